The van der Waals surface area contributed by atoms with E-state index in [1.807, 2.05) is 4.83 Å². The smallest absolute Gasteiger partial charge is 0.303 e. The first-order valence-electron chi connectivity index (χ1n) is 7.48. The molecule has 3 N–H and O–H groups in total. The molecule has 25 heavy (non-hydrogen) atoms. The molecule has 0 heterocycles. The number of carboxylic acid groups (broad SMARTS) is 1. The number of nitrogens with one attached hydrogen (secondary N) is 2. The summed E-state index contributed by atoms with van der Waals surface area (Å²) in [5, 5.41) is 8.65. The highest BCUT2D eigenvalue weighted by Gasteiger charge is 2.16. The van der Waals surface area contributed by atoms with Crippen molar-refractivity contribution in [2.24, 2.45) is 0 Å². The second kappa shape index (κ2) is 7.91. The quantitative estimate of drug-likeness (QED) is 0.648. The van der Waals surface area contributed by atoms with Crippen molar-refractivity contribution in [3.8, 4) is 0 Å². The van der Waals surface area contributed by atoms with E-state index in [0.29, 0.717) is 17.5 Å². The van der Waals surface area contributed by atoms with Crippen LogP contribution in [0.4, 0.5) is 0 Å². The fourth-order valence-electron chi connectivity index (χ4n) is 2.15. The molecular formula is C17H18N2O5S. The molecule has 132 valence electrons. The molecule has 0 aromatic heterocycles. The van der Waals surface area contributed by atoms with Crippen LogP contribution in [-0.4, -0.2) is 25.4 Å². The zero-order valence-corrected chi connectivity index (χ0v) is 14.3. The van der Waals surface area contributed by atoms with E-state index < -0.39 is 21.9 Å². The van der Waals surface area contributed by atoms with Crippen LogP contribution >= 0.6 is 0 Å². The van der Waals surface area contributed by atoms with E-state index in [1.165, 1.54) is 12.1 Å². The van der Waals surface area contributed by atoms with Gasteiger partial charge in [0.1, 0.15) is 0 Å². The summed E-state index contributed by atoms with van der Waals surface area (Å²) in [5.74, 6) is -1.47. The number of aryl methyl sites for hydroxylation is 2. The van der Waals surface area contributed by atoms with Crippen LogP contribution in [0.2, 0.25) is 0 Å². The van der Waals surface area contributed by atoms with Crippen molar-refractivity contribution in [1.29, 1.82) is 0 Å². The first-order chi connectivity index (χ1) is 11.8. The predicted molar refractivity (Wildman–Crippen MR) is 91.4 cm³/mol. The largest absolute Gasteiger partial charge is 0.481 e. The molecule has 0 atom stereocenters. The normalized spacial score (nSPS) is 11.1. The molecule has 2 aromatic rings. The van der Waals surface area contributed by atoms with E-state index in [0.717, 1.165) is 5.56 Å². The molecule has 0 aliphatic heterocycles. The van der Waals surface area contributed by atoms with Gasteiger partial charge in [-0.1, -0.05) is 30.3 Å². The van der Waals surface area contributed by atoms with E-state index in [4.69, 9.17) is 5.11 Å². The SMILES string of the molecule is Cc1ccccc1C(=O)NNS(=O)(=O)c1ccc(CCC(=O)O)cc1. The summed E-state index contributed by atoms with van der Waals surface area (Å²) in [6, 6.07) is 12.6. The summed E-state index contributed by atoms with van der Waals surface area (Å²) in [5.41, 5.74) is 3.99. The Morgan fingerprint density at radius 1 is 1.04 bits per heavy atom. The van der Waals surface area contributed by atoms with E-state index in [1.54, 1.807) is 43.3 Å². The number of carboxylic acids is 1. The molecule has 0 bridgehead atoms. The van der Waals surface area contributed by atoms with Gasteiger partial charge in [-0.05, 0) is 42.7 Å². The third-order valence-corrected chi connectivity index (χ3v) is 4.81. The average molecular weight is 362 g/mol. The van der Waals surface area contributed by atoms with Gasteiger partial charge in [0.25, 0.3) is 15.9 Å². The number of hydrazine groups is 1. The molecule has 0 fully saturated rings. The molecule has 0 spiro atoms. The molecular weight excluding hydrogens is 344 g/mol. The number of amides is 1. The topological polar surface area (TPSA) is 113 Å². The summed E-state index contributed by atoms with van der Waals surface area (Å²) in [6.45, 7) is 1.75. The minimum atomic E-state index is -3.92. The van der Waals surface area contributed by atoms with Crippen molar-refractivity contribution in [3.63, 3.8) is 0 Å². The van der Waals surface area contributed by atoms with Gasteiger partial charge in [0.2, 0.25) is 0 Å². The van der Waals surface area contributed by atoms with Crippen LogP contribution in [-0.2, 0) is 21.2 Å². The Morgan fingerprint density at radius 3 is 2.28 bits per heavy atom. The Labute approximate surface area is 145 Å². The highest BCUT2D eigenvalue weighted by atomic mass is 32.2. The first kappa shape index (κ1) is 18.6. The highest BCUT2D eigenvalue weighted by molar-refractivity contribution is 7.89. The van der Waals surface area contributed by atoms with Gasteiger partial charge in [0.05, 0.1) is 4.90 Å². The van der Waals surface area contributed by atoms with Crippen molar-refractivity contribution in [2.45, 2.75) is 24.7 Å². The third kappa shape index (κ3) is 5.13. The molecule has 0 radical (unpaired) electrons. The number of hydrogen-bond donors (Lipinski definition) is 3. The van der Waals surface area contributed by atoms with Gasteiger partial charge in [-0.2, -0.15) is 0 Å². The number of hydrogen-bond acceptors (Lipinski definition) is 4. The van der Waals surface area contributed by atoms with Gasteiger partial charge >= 0.3 is 5.97 Å². The molecule has 2 rings (SSSR count). The molecule has 0 saturated heterocycles. The van der Waals surface area contributed by atoms with Gasteiger partial charge in [0.15, 0.2) is 0 Å². The molecule has 2 aromatic carbocycles. The van der Waals surface area contributed by atoms with Crippen LogP contribution in [0.15, 0.2) is 53.4 Å². The van der Waals surface area contributed by atoms with E-state index in [2.05, 4.69) is 5.43 Å². The number of carbonyl (C=O) groups excluding carboxylic acids is 1. The lowest BCUT2D eigenvalue weighted by Gasteiger charge is -2.10. The minimum absolute atomic E-state index is 0.0309. The van der Waals surface area contributed by atoms with E-state index in [9.17, 15) is 18.0 Å². The Hall–Kier alpha value is -2.71. The van der Waals surface area contributed by atoms with Gasteiger partial charge in [0, 0.05) is 12.0 Å². The molecule has 7 nitrogen and oxygen atoms in total. The second-order valence-corrected chi connectivity index (χ2v) is 7.09. The van der Waals surface area contributed by atoms with E-state index >= 15 is 0 Å². The van der Waals surface area contributed by atoms with Crippen molar-refractivity contribution < 1.29 is 23.1 Å². The highest BCUT2D eigenvalue weighted by Crippen LogP contribution is 2.12. The number of rotatable bonds is 7. The van der Waals surface area contributed by atoms with Gasteiger partial charge in [-0.25, -0.2) is 8.42 Å². The van der Waals surface area contributed by atoms with Crippen LogP contribution in [0.1, 0.15) is 27.9 Å². The Kier molecular flexibility index (Phi) is 5.89. The van der Waals surface area contributed by atoms with Crippen molar-refractivity contribution in [2.75, 3.05) is 0 Å². The minimum Gasteiger partial charge on any atom is -0.481 e. The monoisotopic (exact) mass is 362 g/mol. The summed E-state index contributed by atoms with van der Waals surface area (Å²) in [7, 11) is -3.92. The molecule has 8 heteroatoms. The summed E-state index contributed by atoms with van der Waals surface area (Å²) in [6.07, 6.45) is 0.282. The van der Waals surface area contributed by atoms with Gasteiger partial charge in [-0.3, -0.25) is 15.0 Å². The predicted octanol–water partition coefficient (Wildman–Crippen LogP) is 1.64. The number of carbonyl (C=O) groups is 2. The Morgan fingerprint density at radius 2 is 1.68 bits per heavy atom. The van der Waals surface area contributed by atoms with E-state index in [-0.39, 0.29) is 11.3 Å². The summed E-state index contributed by atoms with van der Waals surface area (Å²) in [4.78, 5) is 24.6. The van der Waals surface area contributed by atoms with Crippen LogP contribution in [0, 0.1) is 6.92 Å². The van der Waals surface area contributed by atoms with Crippen LogP contribution in [0.5, 0.6) is 0 Å². The maximum Gasteiger partial charge on any atom is 0.303 e. The molecule has 0 unspecified atom stereocenters. The molecule has 0 saturated carbocycles. The maximum absolute atomic E-state index is 12.2. The Bertz CT molecular complexity index is 876. The first-order valence-corrected chi connectivity index (χ1v) is 8.96. The molecule has 1 amide bonds. The van der Waals surface area contributed by atoms with Crippen molar-refractivity contribution in [3.05, 3.63) is 65.2 Å². The lowest BCUT2D eigenvalue weighted by atomic mass is 10.1. The standard InChI is InChI=1S/C17H18N2O5S/c1-12-4-2-3-5-15(12)17(22)18-19-25(23,24)14-9-6-13(7-10-14)8-11-16(20)21/h2-7,9-10,19H,8,11H2,1H3,(H,18,22)(H,20,21). The summed E-state index contributed by atoms with van der Waals surface area (Å²) >= 11 is 0. The zero-order valence-electron chi connectivity index (χ0n) is 13.5. The fraction of sp³-hybridized carbons (Fsp3) is 0.176. The van der Waals surface area contributed by atoms with Crippen LogP contribution in [0.3, 0.4) is 0 Å². The second-order valence-electron chi connectivity index (χ2n) is 5.41. The maximum atomic E-state index is 12.2. The number of benzene rings is 2. The average Bonchev–Trinajstić information content (AvgIpc) is 2.59. The van der Waals surface area contributed by atoms with Crippen LogP contribution < -0.4 is 10.3 Å². The lowest BCUT2D eigenvalue weighted by molar-refractivity contribution is -0.136. The third-order valence-electron chi connectivity index (χ3n) is 3.55. The lowest BCUT2D eigenvalue weighted by Crippen LogP contribution is -2.41. The van der Waals surface area contributed by atoms with Gasteiger partial charge < -0.3 is 5.11 Å². The van der Waals surface area contributed by atoms with Gasteiger partial charge in [-0.15, -0.1) is 4.83 Å². The molecule has 0 aliphatic carbocycles. The zero-order chi connectivity index (χ0) is 18.4. The Balaban J connectivity index is 2.02. The fourth-order valence-corrected chi connectivity index (χ4v) is 2.99. The summed E-state index contributed by atoms with van der Waals surface area (Å²) < 4.78 is 24.4. The number of sulfonamides is 1. The van der Waals surface area contributed by atoms with Crippen molar-refractivity contribution in [1.82, 2.24) is 10.3 Å². The van der Waals surface area contributed by atoms with Crippen molar-refractivity contribution >= 4 is 21.9 Å². The van der Waals surface area contributed by atoms with Crippen LogP contribution in [0.25, 0.3) is 0 Å². The molecule has 0 aliphatic rings. The number of aliphatic carboxylic acids is 1.